The van der Waals surface area contributed by atoms with E-state index in [1.807, 2.05) is 45.9 Å². The topological polar surface area (TPSA) is 63.6 Å². The van der Waals surface area contributed by atoms with Crippen molar-refractivity contribution in [1.82, 2.24) is 0 Å². The summed E-state index contributed by atoms with van der Waals surface area (Å²) in [6.07, 6.45) is 10.8. The summed E-state index contributed by atoms with van der Waals surface area (Å²) in [7, 11) is 0. The van der Waals surface area contributed by atoms with E-state index < -0.39 is 5.97 Å². The number of hydrogen-bond donors (Lipinski definition) is 1. The molecule has 1 heterocycles. The summed E-state index contributed by atoms with van der Waals surface area (Å²) in [5.41, 5.74) is 1.02. The Morgan fingerprint density at radius 2 is 1.95 bits per heavy atom. The van der Waals surface area contributed by atoms with Crippen LogP contribution in [0.1, 0.15) is 34.1 Å². The van der Waals surface area contributed by atoms with Gasteiger partial charge in [-0.3, -0.25) is 4.79 Å². The van der Waals surface area contributed by atoms with Crippen molar-refractivity contribution in [2.24, 2.45) is 11.8 Å². The maximum atomic E-state index is 11.4. The summed E-state index contributed by atoms with van der Waals surface area (Å²) in [5, 5.41) is 9.21. The first-order chi connectivity index (χ1) is 10.3. The maximum Gasteiger partial charge on any atom is 0.373 e. The van der Waals surface area contributed by atoms with Crippen LogP contribution < -0.4 is 0 Å². The Morgan fingerprint density at radius 3 is 2.55 bits per heavy atom. The van der Waals surface area contributed by atoms with Crippen molar-refractivity contribution in [2.45, 2.75) is 40.2 Å². The minimum absolute atomic E-state index is 0.00627. The van der Waals surface area contributed by atoms with E-state index >= 15 is 0 Å². The molecule has 2 atom stereocenters. The highest BCUT2D eigenvalue weighted by Gasteiger charge is 2.25. The number of esters is 1. The van der Waals surface area contributed by atoms with Gasteiger partial charge in [-0.1, -0.05) is 50.6 Å². The molecule has 0 unspecified atom stereocenters. The molecule has 0 fully saturated rings. The van der Waals surface area contributed by atoms with Gasteiger partial charge in [-0.2, -0.15) is 0 Å². The summed E-state index contributed by atoms with van der Waals surface area (Å²) >= 11 is 0. The van der Waals surface area contributed by atoms with Crippen LogP contribution in [0.4, 0.5) is 0 Å². The Hall–Kier alpha value is -2.10. The van der Waals surface area contributed by atoms with Crippen molar-refractivity contribution in [2.75, 3.05) is 0 Å². The van der Waals surface area contributed by atoms with Gasteiger partial charge in [0.25, 0.3) is 0 Å². The molecule has 4 heteroatoms. The van der Waals surface area contributed by atoms with Gasteiger partial charge in [-0.25, -0.2) is 4.79 Å². The molecule has 0 saturated carbocycles. The third kappa shape index (κ3) is 5.72. The predicted molar refractivity (Wildman–Crippen MR) is 86.3 cm³/mol. The Kier molecular flexibility index (Phi) is 6.83. The molecule has 0 aromatic carbocycles. The highest BCUT2D eigenvalue weighted by Crippen LogP contribution is 2.21. The number of hydrogen-bond acceptors (Lipinski definition) is 4. The van der Waals surface area contributed by atoms with Crippen molar-refractivity contribution in [3.05, 3.63) is 47.8 Å². The van der Waals surface area contributed by atoms with Gasteiger partial charge in [0.2, 0.25) is 0 Å². The molecule has 1 aliphatic rings. The molecular formula is C18H24O4. The fourth-order valence-corrected chi connectivity index (χ4v) is 2.01. The van der Waals surface area contributed by atoms with Crippen molar-refractivity contribution >= 4 is 11.8 Å². The van der Waals surface area contributed by atoms with Gasteiger partial charge in [-0.05, 0) is 19.1 Å². The molecule has 1 rings (SSSR count). The zero-order valence-electron chi connectivity index (χ0n) is 13.6. The SMILES string of the molecule is CC(/C=C\C=C/C(=O)C(C)C)=C\[C@H](C)[C@@H]1CC=C(O)C(=O)O1. The molecule has 22 heavy (non-hydrogen) atoms. The standard InChI is InChI=1S/C18H24O4/c1-12(2)15(19)8-6-5-7-13(3)11-14(4)17-10-9-16(20)18(21)22-17/h5-9,11-12,14,17,20H,10H2,1-4H3/b7-5-,8-6-,13-11+/t14-,17-/m0/s1. The van der Waals surface area contributed by atoms with Crippen LogP contribution in [0.15, 0.2) is 47.8 Å². The first-order valence-electron chi connectivity index (χ1n) is 7.48. The monoisotopic (exact) mass is 304 g/mol. The first-order valence-corrected chi connectivity index (χ1v) is 7.48. The Morgan fingerprint density at radius 1 is 1.32 bits per heavy atom. The first kappa shape index (κ1) is 18.0. The third-order valence-corrected chi connectivity index (χ3v) is 3.42. The normalized spacial score (nSPS) is 21.3. The molecule has 120 valence electrons. The fraction of sp³-hybridized carbons (Fsp3) is 0.444. The number of aliphatic hydroxyl groups is 1. The highest BCUT2D eigenvalue weighted by atomic mass is 16.6. The van der Waals surface area contributed by atoms with Crippen LogP contribution in [0.5, 0.6) is 0 Å². The van der Waals surface area contributed by atoms with Crippen LogP contribution in [0.25, 0.3) is 0 Å². The van der Waals surface area contributed by atoms with Gasteiger partial charge in [0, 0.05) is 18.3 Å². The van der Waals surface area contributed by atoms with E-state index in [-0.39, 0.29) is 29.5 Å². The zero-order valence-corrected chi connectivity index (χ0v) is 13.6. The maximum absolute atomic E-state index is 11.4. The predicted octanol–water partition coefficient (Wildman–Crippen LogP) is 3.66. The number of ketones is 1. The molecule has 0 aromatic heterocycles. The van der Waals surface area contributed by atoms with Gasteiger partial charge < -0.3 is 9.84 Å². The van der Waals surface area contributed by atoms with Crippen LogP contribution in [0.3, 0.4) is 0 Å². The lowest BCUT2D eigenvalue weighted by atomic mass is 9.97. The van der Waals surface area contributed by atoms with Gasteiger partial charge >= 0.3 is 5.97 Å². The Balaban J connectivity index is 2.58. The minimum Gasteiger partial charge on any atom is -0.502 e. The number of carbonyl (C=O) groups is 2. The minimum atomic E-state index is -0.667. The van der Waals surface area contributed by atoms with Crippen molar-refractivity contribution in [3.63, 3.8) is 0 Å². The summed E-state index contributed by atoms with van der Waals surface area (Å²) in [6, 6.07) is 0. The van der Waals surface area contributed by atoms with E-state index in [0.29, 0.717) is 6.42 Å². The molecule has 1 aliphatic heterocycles. The van der Waals surface area contributed by atoms with Crippen LogP contribution >= 0.6 is 0 Å². The number of allylic oxidation sites excluding steroid dienone is 5. The lowest BCUT2D eigenvalue weighted by Crippen LogP contribution is -2.28. The third-order valence-electron chi connectivity index (χ3n) is 3.42. The quantitative estimate of drug-likeness (QED) is 0.462. The molecule has 0 aromatic rings. The number of cyclic esters (lactones) is 1. The van der Waals surface area contributed by atoms with Crippen LogP contribution in [0, 0.1) is 11.8 Å². The van der Waals surface area contributed by atoms with Gasteiger partial charge in [0.05, 0.1) is 0 Å². The van der Waals surface area contributed by atoms with Crippen LogP contribution in [-0.4, -0.2) is 23.0 Å². The molecule has 0 radical (unpaired) electrons. The number of rotatable bonds is 6. The molecule has 0 aliphatic carbocycles. The van der Waals surface area contributed by atoms with Crippen molar-refractivity contribution < 1.29 is 19.4 Å². The zero-order chi connectivity index (χ0) is 16.7. The summed E-state index contributed by atoms with van der Waals surface area (Å²) in [6.45, 7) is 7.63. The average molecular weight is 304 g/mol. The lowest BCUT2D eigenvalue weighted by molar-refractivity contribution is -0.150. The molecule has 0 spiro atoms. The van der Waals surface area contributed by atoms with E-state index in [2.05, 4.69) is 0 Å². The summed E-state index contributed by atoms with van der Waals surface area (Å²) < 4.78 is 5.16. The van der Waals surface area contributed by atoms with E-state index in [9.17, 15) is 14.7 Å². The second-order valence-corrected chi connectivity index (χ2v) is 5.81. The second-order valence-electron chi connectivity index (χ2n) is 5.81. The molecule has 0 amide bonds. The smallest absolute Gasteiger partial charge is 0.373 e. The van der Waals surface area contributed by atoms with E-state index in [1.54, 1.807) is 12.2 Å². The van der Waals surface area contributed by atoms with Gasteiger partial charge in [0.1, 0.15) is 6.10 Å². The molecule has 0 bridgehead atoms. The Bertz CT molecular complexity index is 535. The lowest BCUT2D eigenvalue weighted by Gasteiger charge is -2.24. The van der Waals surface area contributed by atoms with Crippen molar-refractivity contribution in [1.29, 1.82) is 0 Å². The van der Waals surface area contributed by atoms with Crippen LogP contribution in [0.2, 0.25) is 0 Å². The number of aliphatic hydroxyl groups excluding tert-OH is 1. The average Bonchev–Trinajstić information content (AvgIpc) is 2.45. The van der Waals surface area contributed by atoms with Crippen LogP contribution in [-0.2, 0) is 14.3 Å². The van der Waals surface area contributed by atoms with E-state index in [0.717, 1.165) is 5.57 Å². The molecule has 1 N–H and O–H groups in total. The highest BCUT2D eigenvalue weighted by molar-refractivity contribution is 5.91. The van der Waals surface area contributed by atoms with Gasteiger partial charge in [0.15, 0.2) is 11.5 Å². The second kappa shape index (κ2) is 8.37. The fourth-order valence-electron chi connectivity index (χ4n) is 2.01. The Labute approximate surface area is 131 Å². The summed E-state index contributed by atoms with van der Waals surface area (Å²) in [4.78, 5) is 22.7. The number of ether oxygens (including phenoxy) is 1. The summed E-state index contributed by atoms with van der Waals surface area (Å²) in [5.74, 6) is -0.838. The largest absolute Gasteiger partial charge is 0.502 e. The van der Waals surface area contributed by atoms with E-state index in [4.69, 9.17) is 4.74 Å². The van der Waals surface area contributed by atoms with E-state index in [1.165, 1.54) is 6.08 Å². The van der Waals surface area contributed by atoms with Crippen molar-refractivity contribution in [3.8, 4) is 0 Å². The van der Waals surface area contributed by atoms with Gasteiger partial charge in [-0.15, -0.1) is 0 Å². The molecule has 0 saturated heterocycles. The molecular weight excluding hydrogens is 280 g/mol. The number of carbonyl (C=O) groups excluding carboxylic acids is 2. The molecule has 4 nitrogen and oxygen atoms in total.